The lowest BCUT2D eigenvalue weighted by Crippen LogP contribution is -2.21. The first-order valence-corrected chi connectivity index (χ1v) is 14.3. The van der Waals surface area contributed by atoms with Crippen molar-refractivity contribution in [2.24, 2.45) is 0 Å². The molecule has 3 rings (SSSR count). The molecule has 8 heteroatoms. The molecule has 0 saturated heterocycles. The maximum Gasteiger partial charge on any atom is 0.304 e. The second-order valence-electron chi connectivity index (χ2n) is 8.74. The SMILES string of the molecule is O=C(O)CCSCC(O)C(SCCC(=O)O)c1cccc(C2CCCC2)c1OCc1ccccc1. The number of benzene rings is 2. The summed E-state index contributed by atoms with van der Waals surface area (Å²) in [5, 5.41) is 28.8. The Morgan fingerprint density at radius 1 is 0.943 bits per heavy atom. The summed E-state index contributed by atoms with van der Waals surface area (Å²) in [5.41, 5.74) is 3.09. The van der Waals surface area contributed by atoms with Crippen LogP contribution in [0.5, 0.6) is 5.75 Å². The van der Waals surface area contributed by atoms with Gasteiger partial charge < -0.3 is 20.1 Å². The minimum Gasteiger partial charge on any atom is -0.488 e. The highest BCUT2D eigenvalue weighted by atomic mass is 32.2. The van der Waals surface area contributed by atoms with E-state index in [1.165, 1.54) is 36.4 Å². The summed E-state index contributed by atoms with van der Waals surface area (Å²) in [5.74, 6) is 0.616. The lowest BCUT2D eigenvalue weighted by atomic mass is 9.93. The Bertz CT molecular complexity index is 946. The maximum atomic E-state index is 11.2. The zero-order valence-electron chi connectivity index (χ0n) is 19.8. The van der Waals surface area contributed by atoms with Crippen molar-refractivity contribution in [3.63, 3.8) is 0 Å². The van der Waals surface area contributed by atoms with Crippen LogP contribution in [0, 0.1) is 0 Å². The van der Waals surface area contributed by atoms with Crippen molar-refractivity contribution in [2.75, 3.05) is 17.3 Å². The van der Waals surface area contributed by atoms with Crippen LogP contribution in [0.1, 0.15) is 66.4 Å². The molecule has 0 heterocycles. The average Bonchev–Trinajstić information content (AvgIpc) is 3.38. The van der Waals surface area contributed by atoms with Crippen LogP contribution in [-0.2, 0) is 16.2 Å². The first kappa shape index (κ1) is 27.4. The number of thioether (sulfide) groups is 2. The minimum absolute atomic E-state index is 0.00254. The van der Waals surface area contributed by atoms with E-state index in [1.54, 1.807) is 0 Å². The van der Waals surface area contributed by atoms with Gasteiger partial charge in [-0.2, -0.15) is 23.5 Å². The first-order chi connectivity index (χ1) is 17.0. The maximum absolute atomic E-state index is 11.2. The van der Waals surface area contributed by atoms with E-state index in [4.69, 9.17) is 14.9 Å². The first-order valence-electron chi connectivity index (χ1n) is 12.1. The molecule has 0 aliphatic heterocycles. The number of aliphatic carboxylic acids is 2. The van der Waals surface area contributed by atoms with Crippen molar-refractivity contribution in [1.29, 1.82) is 0 Å². The summed E-state index contributed by atoms with van der Waals surface area (Å²) >= 11 is 2.82. The predicted octanol–water partition coefficient (Wildman–Crippen LogP) is 5.74. The Morgan fingerprint density at radius 2 is 1.63 bits per heavy atom. The second-order valence-corrected chi connectivity index (χ2v) is 11.1. The van der Waals surface area contributed by atoms with Crippen LogP contribution in [0.15, 0.2) is 48.5 Å². The van der Waals surface area contributed by atoms with Crippen molar-refractivity contribution in [2.45, 2.75) is 62.4 Å². The Hall–Kier alpha value is -2.16. The number of rotatable bonds is 15. The largest absolute Gasteiger partial charge is 0.488 e. The molecule has 35 heavy (non-hydrogen) atoms. The van der Waals surface area contributed by atoms with Crippen LogP contribution in [0.25, 0.3) is 0 Å². The zero-order chi connectivity index (χ0) is 25.0. The van der Waals surface area contributed by atoms with E-state index in [0.29, 0.717) is 29.8 Å². The summed E-state index contributed by atoms with van der Waals surface area (Å²) in [7, 11) is 0. The molecule has 0 amide bonds. The zero-order valence-corrected chi connectivity index (χ0v) is 21.4. The van der Waals surface area contributed by atoms with Crippen molar-refractivity contribution in [1.82, 2.24) is 0 Å². The topological polar surface area (TPSA) is 104 Å². The van der Waals surface area contributed by atoms with Gasteiger partial charge in [0.15, 0.2) is 0 Å². The molecule has 1 fully saturated rings. The standard InChI is InChI=1S/C27H34O6S2/c28-23(18-34-15-13-24(29)30)27(35-16-14-25(31)32)22-12-6-11-21(20-9-4-5-10-20)26(22)33-17-19-7-2-1-3-8-19/h1-3,6-8,11-12,20,23,27-28H,4-5,9-10,13-18H2,(H,29,30)(H,31,32). The van der Waals surface area contributed by atoms with Gasteiger partial charge >= 0.3 is 11.9 Å². The van der Waals surface area contributed by atoms with Gasteiger partial charge in [0, 0.05) is 22.8 Å². The Kier molecular flexibility index (Phi) is 11.3. The molecule has 0 spiro atoms. The van der Waals surface area contributed by atoms with Gasteiger partial charge in [0.05, 0.1) is 24.2 Å². The summed E-state index contributed by atoms with van der Waals surface area (Å²) < 4.78 is 6.46. The third-order valence-electron chi connectivity index (χ3n) is 6.12. The quantitative estimate of drug-likeness (QED) is 0.256. The number of ether oxygens (including phenoxy) is 1. The van der Waals surface area contributed by atoms with E-state index >= 15 is 0 Å². The van der Waals surface area contributed by atoms with E-state index in [0.717, 1.165) is 35.3 Å². The van der Waals surface area contributed by atoms with Crippen molar-refractivity contribution < 1.29 is 29.6 Å². The van der Waals surface area contributed by atoms with Crippen molar-refractivity contribution >= 4 is 35.5 Å². The molecule has 2 atom stereocenters. The van der Waals surface area contributed by atoms with E-state index < -0.39 is 18.0 Å². The van der Waals surface area contributed by atoms with Crippen molar-refractivity contribution in [3.8, 4) is 5.75 Å². The monoisotopic (exact) mass is 518 g/mol. The van der Waals surface area contributed by atoms with Crippen LogP contribution in [-0.4, -0.2) is 50.6 Å². The summed E-state index contributed by atoms with van der Waals surface area (Å²) in [6, 6.07) is 16.1. The summed E-state index contributed by atoms with van der Waals surface area (Å²) in [4.78, 5) is 22.0. The van der Waals surface area contributed by atoms with Gasteiger partial charge in [-0.25, -0.2) is 0 Å². The van der Waals surface area contributed by atoms with Crippen LogP contribution in [0.4, 0.5) is 0 Å². The van der Waals surface area contributed by atoms with E-state index in [1.807, 2.05) is 42.5 Å². The normalized spacial score (nSPS) is 15.6. The number of carboxylic acid groups (broad SMARTS) is 2. The van der Waals surface area contributed by atoms with Crippen LogP contribution in [0.3, 0.4) is 0 Å². The molecule has 6 nitrogen and oxygen atoms in total. The molecule has 1 aliphatic rings. The van der Waals surface area contributed by atoms with Gasteiger partial charge in [0.1, 0.15) is 12.4 Å². The number of aliphatic hydroxyl groups is 1. The van der Waals surface area contributed by atoms with E-state index in [9.17, 15) is 14.7 Å². The molecule has 0 radical (unpaired) electrons. The number of aliphatic hydroxyl groups excluding tert-OH is 1. The van der Waals surface area contributed by atoms with Crippen molar-refractivity contribution in [3.05, 3.63) is 65.2 Å². The lowest BCUT2D eigenvalue weighted by molar-refractivity contribution is -0.137. The van der Waals surface area contributed by atoms with Gasteiger partial charge in [0.2, 0.25) is 0 Å². The third-order valence-corrected chi connectivity index (χ3v) is 8.55. The average molecular weight is 519 g/mol. The predicted molar refractivity (Wildman–Crippen MR) is 141 cm³/mol. The number of hydrogen-bond donors (Lipinski definition) is 3. The molecule has 2 aromatic carbocycles. The fourth-order valence-corrected chi connectivity index (χ4v) is 6.66. The molecule has 0 aromatic heterocycles. The highest BCUT2D eigenvalue weighted by Gasteiger charge is 2.29. The van der Waals surface area contributed by atoms with E-state index in [2.05, 4.69) is 6.07 Å². The molecular formula is C27H34O6S2. The van der Waals surface area contributed by atoms with Gasteiger partial charge in [-0.1, -0.05) is 61.4 Å². The molecule has 1 aliphatic carbocycles. The smallest absolute Gasteiger partial charge is 0.304 e. The Labute approximate surface area is 215 Å². The van der Waals surface area contributed by atoms with Crippen LogP contribution in [0.2, 0.25) is 0 Å². The van der Waals surface area contributed by atoms with Gasteiger partial charge in [-0.05, 0) is 29.9 Å². The molecule has 2 unspecified atom stereocenters. The number of para-hydroxylation sites is 1. The molecule has 0 bridgehead atoms. The summed E-state index contributed by atoms with van der Waals surface area (Å²) in [6.07, 6.45) is 3.86. The third kappa shape index (κ3) is 8.78. The Morgan fingerprint density at radius 3 is 2.31 bits per heavy atom. The van der Waals surface area contributed by atoms with Gasteiger partial charge in [-0.3, -0.25) is 9.59 Å². The van der Waals surface area contributed by atoms with Gasteiger partial charge in [-0.15, -0.1) is 0 Å². The summed E-state index contributed by atoms with van der Waals surface area (Å²) in [6.45, 7) is 0.410. The van der Waals surface area contributed by atoms with Crippen LogP contribution < -0.4 is 4.74 Å². The highest BCUT2D eigenvalue weighted by Crippen LogP contribution is 2.46. The highest BCUT2D eigenvalue weighted by molar-refractivity contribution is 8.00. The molecule has 3 N–H and O–H groups in total. The molecular weight excluding hydrogens is 484 g/mol. The minimum atomic E-state index is -0.873. The fourth-order valence-electron chi connectivity index (χ4n) is 4.38. The fraction of sp³-hybridized carbons (Fsp3) is 0.481. The second kappa shape index (κ2) is 14.4. The molecule has 2 aromatic rings. The molecule has 190 valence electrons. The lowest BCUT2D eigenvalue weighted by Gasteiger charge is -2.27. The van der Waals surface area contributed by atoms with Crippen LogP contribution >= 0.6 is 23.5 Å². The number of carbonyl (C=O) groups is 2. The number of hydrogen-bond acceptors (Lipinski definition) is 6. The number of carboxylic acids is 2. The van der Waals surface area contributed by atoms with Gasteiger partial charge in [0.25, 0.3) is 0 Å². The van der Waals surface area contributed by atoms with E-state index in [-0.39, 0.29) is 18.1 Å². The Balaban J connectivity index is 1.88. The molecule has 1 saturated carbocycles.